The van der Waals surface area contributed by atoms with Gasteiger partial charge in [0.15, 0.2) is 5.16 Å². The van der Waals surface area contributed by atoms with E-state index < -0.39 is 0 Å². The van der Waals surface area contributed by atoms with Gasteiger partial charge in [-0.15, -0.1) is 21.5 Å². The molecule has 114 valence electrons. The molecule has 0 unspecified atom stereocenters. The third kappa shape index (κ3) is 3.82. The van der Waals surface area contributed by atoms with E-state index in [1.807, 2.05) is 18.8 Å². The largest absolute Gasteiger partial charge is 0.376 e. The maximum absolute atomic E-state index is 5.75. The summed E-state index contributed by atoms with van der Waals surface area (Å²) in [6, 6.07) is 0. The number of hydrogen-bond acceptors (Lipinski definition) is 7. The molecule has 1 saturated heterocycles. The van der Waals surface area contributed by atoms with Crippen molar-refractivity contribution < 1.29 is 4.74 Å². The number of hydrogen-bond donors (Lipinski definition) is 1. The second-order valence-corrected chi connectivity index (χ2v) is 6.84. The molecule has 1 atom stereocenters. The lowest BCUT2D eigenvalue weighted by Gasteiger charge is -2.14. The molecule has 0 spiro atoms. The second-order valence-electron chi connectivity index (χ2n) is 4.93. The molecule has 0 radical (unpaired) electrons. The van der Waals surface area contributed by atoms with Crippen molar-refractivity contribution in [3.05, 3.63) is 22.4 Å². The molecule has 21 heavy (non-hydrogen) atoms. The Morgan fingerprint density at radius 2 is 2.48 bits per heavy atom. The molecule has 2 aromatic heterocycles. The zero-order valence-electron chi connectivity index (χ0n) is 12.0. The highest BCUT2D eigenvalue weighted by atomic mass is 32.2. The highest BCUT2D eigenvalue weighted by Gasteiger charge is 2.20. The lowest BCUT2D eigenvalue weighted by Crippen LogP contribution is -2.20. The van der Waals surface area contributed by atoms with Crippen molar-refractivity contribution in [2.24, 2.45) is 0 Å². The number of nitrogens with one attached hydrogen (secondary N) is 1. The van der Waals surface area contributed by atoms with Crippen molar-refractivity contribution in [3.8, 4) is 0 Å². The second kappa shape index (κ2) is 7.35. The molecule has 1 aliphatic heterocycles. The SMILES string of the molecule is CNCc1nnc(SCc2cncs2)n1C[C@@H]1CCCO1. The molecule has 0 aromatic carbocycles. The Bertz CT molecular complexity index is 551. The molecule has 0 saturated carbocycles. The zero-order chi connectivity index (χ0) is 14.5. The highest BCUT2D eigenvalue weighted by Crippen LogP contribution is 2.25. The molecule has 1 fully saturated rings. The van der Waals surface area contributed by atoms with Gasteiger partial charge in [0.2, 0.25) is 0 Å². The van der Waals surface area contributed by atoms with Gasteiger partial charge in [-0.2, -0.15) is 0 Å². The Labute approximate surface area is 132 Å². The molecule has 0 amide bonds. The van der Waals surface area contributed by atoms with Crippen LogP contribution in [0.5, 0.6) is 0 Å². The van der Waals surface area contributed by atoms with E-state index in [9.17, 15) is 0 Å². The molecule has 2 aromatic rings. The Kier molecular flexibility index (Phi) is 5.23. The van der Waals surface area contributed by atoms with E-state index in [2.05, 4.69) is 25.1 Å². The van der Waals surface area contributed by atoms with E-state index in [1.165, 1.54) is 4.88 Å². The molecular formula is C13H19N5OS2. The lowest BCUT2D eigenvalue weighted by molar-refractivity contribution is 0.0941. The van der Waals surface area contributed by atoms with Gasteiger partial charge >= 0.3 is 0 Å². The quantitative estimate of drug-likeness (QED) is 0.785. The van der Waals surface area contributed by atoms with Crippen LogP contribution in [-0.2, 0) is 23.6 Å². The maximum atomic E-state index is 5.75. The van der Waals surface area contributed by atoms with Gasteiger partial charge in [-0.05, 0) is 19.9 Å². The number of nitrogens with zero attached hydrogens (tertiary/aromatic N) is 4. The minimum atomic E-state index is 0.291. The van der Waals surface area contributed by atoms with Gasteiger partial charge in [-0.1, -0.05) is 11.8 Å². The van der Waals surface area contributed by atoms with Crippen molar-refractivity contribution in [1.29, 1.82) is 0 Å². The van der Waals surface area contributed by atoms with E-state index >= 15 is 0 Å². The minimum absolute atomic E-state index is 0.291. The summed E-state index contributed by atoms with van der Waals surface area (Å²) < 4.78 is 7.94. The van der Waals surface area contributed by atoms with Crippen LogP contribution in [0.4, 0.5) is 0 Å². The van der Waals surface area contributed by atoms with Crippen LogP contribution < -0.4 is 5.32 Å². The van der Waals surface area contributed by atoms with E-state index in [0.717, 1.165) is 49.3 Å². The fourth-order valence-corrected chi connectivity index (χ4v) is 3.95. The smallest absolute Gasteiger partial charge is 0.191 e. The highest BCUT2D eigenvalue weighted by molar-refractivity contribution is 7.98. The van der Waals surface area contributed by atoms with E-state index in [-0.39, 0.29) is 0 Å². The third-order valence-corrected chi connectivity index (χ3v) is 5.34. The number of rotatable bonds is 7. The molecule has 0 bridgehead atoms. The summed E-state index contributed by atoms with van der Waals surface area (Å²) in [6.07, 6.45) is 4.47. The Hall–Kier alpha value is -0.960. The monoisotopic (exact) mass is 325 g/mol. The maximum Gasteiger partial charge on any atom is 0.191 e. The number of ether oxygens (including phenoxy) is 1. The Balaban J connectivity index is 1.71. The first kappa shape index (κ1) is 15.0. The minimum Gasteiger partial charge on any atom is -0.376 e. The molecule has 0 aliphatic carbocycles. The summed E-state index contributed by atoms with van der Waals surface area (Å²) in [5.41, 5.74) is 1.86. The number of aromatic nitrogens is 4. The summed E-state index contributed by atoms with van der Waals surface area (Å²) in [5, 5.41) is 12.8. The van der Waals surface area contributed by atoms with Gasteiger partial charge < -0.3 is 14.6 Å². The molecular weight excluding hydrogens is 306 g/mol. The molecule has 3 rings (SSSR count). The fourth-order valence-electron chi connectivity index (χ4n) is 2.34. The normalized spacial score (nSPS) is 18.4. The first-order valence-electron chi connectivity index (χ1n) is 7.05. The van der Waals surface area contributed by atoms with E-state index in [1.54, 1.807) is 23.1 Å². The summed E-state index contributed by atoms with van der Waals surface area (Å²) in [7, 11) is 1.93. The van der Waals surface area contributed by atoms with Gasteiger partial charge in [-0.3, -0.25) is 4.98 Å². The van der Waals surface area contributed by atoms with Crippen LogP contribution in [0.1, 0.15) is 23.5 Å². The molecule has 6 nitrogen and oxygen atoms in total. The first-order valence-corrected chi connectivity index (χ1v) is 8.92. The summed E-state index contributed by atoms with van der Waals surface area (Å²) in [5.74, 6) is 1.85. The first-order chi connectivity index (χ1) is 10.4. The van der Waals surface area contributed by atoms with Crippen molar-refractivity contribution >= 4 is 23.1 Å². The standard InChI is InChI=1S/C13H19N5OS2/c1-14-6-12-16-17-13(20-8-11-5-15-9-21-11)18(12)7-10-3-2-4-19-10/h5,9-10,14H,2-4,6-8H2,1H3/t10-/m0/s1. The van der Waals surface area contributed by atoms with Crippen molar-refractivity contribution in [2.45, 2.75) is 42.9 Å². The number of thiazole rings is 1. The molecule has 8 heteroatoms. The van der Waals surface area contributed by atoms with Crippen molar-refractivity contribution in [3.63, 3.8) is 0 Å². The van der Waals surface area contributed by atoms with Gasteiger partial charge in [0.05, 0.1) is 24.7 Å². The third-order valence-electron chi connectivity index (χ3n) is 3.37. The molecule has 3 heterocycles. The lowest BCUT2D eigenvalue weighted by atomic mass is 10.2. The van der Waals surface area contributed by atoms with Gasteiger partial charge in [-0.25, -0.2) is 0 Å². The van der Waals surface area contributed by atoms with Gasteiger partial charge in [0.1, 0.15) is 5.82 Å². The predicted molar refractivity (Wildman–Crippen MR) is 83.4 cm³/mol. The van der Waals surface area contributed by atoms with E-state index in [4.69, 9.17) is 4.74 Å². The van der Waals surface area contributed by atoms with Crippen LogP contribution in [0, 0.1) is 0 Å². The van der Waals surface area contributed by atoms with Crippen LogP contribution in [0.25, 0.3) is 0 Å². The van der Waals surface area contributed by atoms with Crippen LogP contribution >= 0.6 is 23.1 Å². The van der Waals surface area contributed by atoms with E-state index in [0.29, 0.717) is 6.10 Å². The van der Waals surface area contributed by atoms with Crippen molar-refractivity contribution in [1.82, 2.24) is 25.1 Å². The number of thioether (sulfide) groups is 1. The van der Waals surface area contributed by atoms with Crippen LogP contribution in [-0.4, -0.2) is 39.5 Å². The van der Waals surface area contributed by atoms with Gasteiger partial charge in [0.25, 0.3) is 0 Å². The molecule has 1 aliphatic rings. The Morgan fingerprint density at radius 1 is 1.52 bits per heavy atom. The average molecular weight is 325 g/mol. The predicted octanol–water partition coefficient (Wildman–Crippen LogP) is 1.93. The Morgan fingerprint density at radius 3 is 3.19 bits per heavy atom. The zero-order valence-corrected chi connectivity index (χ0v) is 13.6. The molecule has 1 N–H and O–H groups in total. The summed E-state index contributed by atoms with van der Waals surface area (Å²) >= 11 is 3.38. The van der Waals surface area contributed by atoms with Crippen molar-refractivity contribution in [2.75, 3.05) is 13.7 Å². The average Bonchev–Trinajstić information content (AvgIpc) is 3.21. The topological polar surface area (TPSA) is 64.9 Å². The van der Waals surface area contributed by atoms with Gasteiger partial charge in [0, 0.05) is 23.4 Å². The fraction of sp³-hybridized carbons (Fsp3) is 0.615. The summed E-state index contributed by atoms with van der Waals surface area (Å²) in [6.45, 7) is 2.44. The van der Waals surface area contributed by atoms with Crippen LogP contribution in [0.3, 0.4) is 0 Å². The van der Waals surface area contributed by atoms with Crippen LogP contribution in [0.2, 0.25) is 0 Å². The summed E-state index contributed by atoms with van der Waals surface area (Å²) in [4.78, 5) is 5.36. The van der Waals surface area contributed by atoms with Crippen LogP contribution in [0.15, 0.2) is 16.9 Å².